The molecular formula is C16H15BrN4. The summed E-state index contributed by atoms with van der Waals surface area (Å²) in [6.07, 6.45) is 1.75. The van der Waals surface area contributed by atoms with E-state index in [-0.39, 0.29) is 0 Å². The highest BCUT2D eigenvalue weighted by Crippen LogP contribution is 2.23. The number of para-hydroxylation sites is 1. The molecule has 2 aromatic rings. The van der Waals surface area contributed by atoms with Gasteiger partial charge in [-0.2, -0.15) is 5.26 Å². The summed E-state index contributed by atoms with van der Waals surface area (Å²) >= 11 is 3.36. The molecule has 1 aliphatic heterocycles. The van der Waals surface area contributed by atoms with E-state index in [1.54, 1.807) is 6.20 Å². The molecule has 2 heterocycles. The predicted molar refractivity (Wildman–Crippen MR) is 87.5 cm³/mol. The average molecular weight is 343 g/mol. The van der Waals surface area contributed by atoms with Gasteiger partial charge in [-0.1, -0.05) is 18.2 Å². The fourth-order valence-corrected chi connectivity index (χ4v) is 2.91. The summed E-state index contributed by atoms with van der Waals surface area (Å²) in [6.45, 7) is 3.62. The first-order valence-electron chi connectivity index (χ1n) is 6.88. The quantitative estimate of drug-likeness (QED) is 0.841. The van der Waals surface area contributed by atoms with E-state index in [4.69, 9.17) is 0 Å². The number of hydrogen-bond donors (Lipinski definition) is 0. The van der Waals surface area contributed by atoms with Crippen LogP contribution in [0.15, 0.2) is 47.1 Å². The molecule has 0 amide bonds. The smallest absolute Gasteiger partial charge is 0.146 e. The number of piperazine rings is 1. The minimum absolute atomic E-state index is 0.623. The Balaban J connectivity index is 1.73. The monoisotopic (exact) mass is 342 g/mol. The van der Waals surface area contributed by atoms with E-state index in [1.165, 1.54) is 5.69 Å². The Bertz CT molecular complexity index is 658. The molecule has 0 N–H and O–H groups in total. The van der Waals surface area contributed by atoms with Crippen LogP contribution in [0.25, 0.3) is 0 Å². The molecule has 3 rings (SSSR count). The molecule has 106 valence electrons. The second kappa shape index (κ2) is 6.15. The van der Waals surface area contributed by atoms with Crippen molar-refractivity contribution in [2.24, 2.45) is 0 Å². The molecule has 1 fully saturated rings. The lowest BCUT2D eigenvalue weighted by Crippen LogP contribution is -2.47. The standard InChI is InChI=1S/C16H15BrN4/c17-14-10-13(11-18)16(19-12-14)21-8-6-20(7-9-21)15-4-2-1-3-5-15/h1-5,10,12H,6-9H2. The number of rotatable bonds is 2. The molecule has 0 bridgehead atoms. The van der Waals surface area contributed by atoms with E-state index >= 15 is 0 Å². The van der Waals surface area contributed by atoms with E-state index in [1.807, 2.05) is 12.1 Å². The van der Waals surface area contributed by atoms with Crippen LogP contribution >= 0.6 is 15.9 Å². The molecule has 1 aromatic heterocycles. The summed E-state index contributed by atoms with van der Waals surface area (Å²) in [4.78, 5) is 8.96. The fraction of sp³-hybridized carbons (Fsp3) is 0.250. The number of anilines is 2. The Morgan fingerprint density at radius 3 is 2.38 bits per heavy atom. The van der Waals surface area contributed by atoms with Gasteiger partial charge >= 0.3 is 0 Å². The van der Waals surface area contributed by atoms with Gasteiger partial charge in [0.2, 0.25) is 0 Å². The van der Waals surface area contributed by atoms with E-state index in [0.29, 0.717) is 5.56 Å². The molecule has 0 aliphatic carbocycles. The van der Waals surface area contributed by atoms with Gasteiger partial charge in [0.05, 0.1) is 5.56 Å². The third-order valence-corrected chi connectivity index (χ3v) is 4.09. The normalized spacial score (nSPS) is 14.9. The van der Waals surface area contributed by atoms with Gasteiger partial charge in [-0.05, 0) is 34.1 Å². The largest absolute Gasteiger partial charge is 0.368 e. The number of pyridine rings is 1. The van der Waals surface area contributed by atoms with Crippen LogP contribution in [-0.4, -0.2) is 31.2 Å². The zero-order valence-corrected chi connectivity index (χ0v) is 13.1. The summed E-state index contributed by atoms with van der Waals surface area (Å²) in [5.41, 5.74) is 1.87. The minimum atomic E-state index is 0.623. The summed E-state index contributed by atoms with van der Waals surface area (Å²) in [7, 11) is 0. The molecule has 5 heteroatoms. The van der Waals surface area contributed by atoms with Gasteiger partial charge in [0.25, 0.3) is 0 Å². The molecule has 21 heavy (non-hydrogen) atoms. The van der Waals surface area contributed by atoms with E-state index < -0.39 is 0 Å². The molecule has 0 atom stereocenters. The summed E-state index contributed by atoms with van der Waals surface area (Å²) in [6, 6.07) is 14.5. The molecule has 4 nitrogen and oxygen atoms in total. The van der Waals surface area contributed by atoms with Crippen LogP contribution in [0.3, 0.4) is 0 Å². The maximum Gasteiger partial charge on any atom is 0.146 e. The average Bonchev–Trinajstić information content (AvgIpc) is 2.56. The third kappa shape index (κ3) is 3.01. The van der Waals surface area contributed by atoms with Crippen LogP contribution in [0.4, 0.5) is 11.5 Å². The molecule has 1 aliphatic rings. The van der Waals surface area contributed by atoms with Crippen LogP contribution in [0.2, 0.25) is 0 Å². The highest BCUT2D eigenvalue weighted by atomic mass is 79.9. The van der Waals surface area contributed by atoms with Gasteiger partial charge in [-0.3, -0.25) is 0 Å². The topological polar surface area (TPSA) is 43.2 Å². The maximum absolute atomic E-state index is 9.26. The van der Waals surface area contributed by atoms with Crippen LogP contribution < -0.4 is 9.80 Å². The number of halogens is 1. The van der Waals surface area contributed by atoms with Crippen molar-refractivity contribution in [3.8, 4) is 6.07 Å². The lowest BCUT2D eigenvalue weighted by Gasteiger charge is -2.37. The highest BCUT2D eigenvalue weighted by molar-refractivity contribution is 9.10. The molecular weight excluding hydrogens is 328 g/mol. The first-order chi connectivity index (χ1) is 10.3. The summed E-state index contributed by atoms with van der Waals surface area (Å²) in [5, 5.41) is 9.26. The van der Waals surface area contributed by atoms with Crippen molar-refractivity contribution in [3.05, 3.63) is 52.6 Å². The molecule has 1 saturated heterocycles. The lowest BCUT2D eigenvalue weighted by molar-refractivity contribution is 0.647. The van der Waals surface area contributed by atoms with Crippen LogP contribution in [-0.2, 0) is 0 Å². The van der Waals surface area contributed by atoms with E-state index in [0.717, 1.165) is 36.5 Å². The number of nitriles is 1. The summed E-state index contributed by atoms with van der Waals surface area (Å²) in [5.74, 6) is 0.786. The first-order valence-corrected chi connectivity index (χ1v) is 7.68. The number of hydrogen-bond acceptors (Lipinski definition) is 4. The van der Waals surface area contributed by atoms with Gasteiger partial charge in [0.15, 0.2) is 0 Å². The molecule has 0 unspecified atom stereocenters. The Morgan fingerprint density at radius 2 is 1.71 bits per heavy atom. The number of benzene rings is 1. The van der Waals surface area contributed by atoms with Crippen molar-refractivity contribution >= 4 is 27.4 Å². The van der Waals surface area contributed by atoms with Crippen molar-refractivity contribution in [2.45, 2.75) is 0 Å². The zero-order valence-electron chi connectivity index (χ0n) is 11.5. The van der Waals surface area contributed by atoms with Crippen molar-refractivity contribution in [2.75, 3.05) is 36.0 Å². The third-order valence-electron chi connectivity index (χ3n) is 3.65. The fourth-order valence-electron chi connectivity index (χ4n) is 2.58. The van der Waals surface area contributed by atoms with Gasteiger partial charge in [-0.15, -0.1) is 0 Å². The van der Waals surface area contributed by atoms with E-state index in [2.05, 4.69) is 61.0 Å². The first kappa shape index (κ1) is 13.9. The SMILES string of the molecule is N#Cc1cc(Br)cnc1N1CCN(c2ccccc2)CC1. The van der Waals surface area contributed by atoms with Crippen molar-refractivity contribution in [1.82, 2.24) is 4.98 Å². The molecule has 0 saturated carbocycles. The van der Waals surface area contributed by atoms with Crippen LogP contribution in [0.5, 0.6) is 0 Å². The molecule has 0 radical (unpaired) electrons. The Labute approximate surface area is 132 Å². The highest BCUT2D eigenvalue weighted by Gasteiger charge is 2.20. The molecule has 0 spiro atoms. The predicted octanol–water partition coefficient (Wildman–Crippen LogP) is 3.04. The zero-order chi connectivity index (χ0) is 14.7. The number of nitrogens with zero attached hydrogens (tertiary/aromatic N) is 4. The van der Waals surface area contributed by atoms with E-state index in [9.17, 15) is 5.26 Å². The Hall–Kier alpha value is -2.06. The summed E-state index contributed by atoms with van der Waals surface area (Å²) < 4.78 is 0.839. The molecule has 1 aromatic carbocycles. The van der Waals surface area contributed by atoms with Gasteiger partial charge in [-0.25, -0.2) is 4.98 Å². The van der Waals surface area contributed by atoms with Crippen LogP contribution in [0, 0.1) is 11.3 Å². The van der Waals surface area contributed by atoms with Crippen LogP contribution in [0.1, 0.15) is 5.56 Å². The number of aromatic nitrogens is 1. The Kier molecular flexibility index (Phi) is 4.07. The Morgan fingerprint density at radius 1 is 1.05 bits per heavy atom. The lowest BCUT2D eigenvalue weighted by atomic mass is 10.2. The maximum atomic E-state index is 9.26. The van der Waals surface area contributed by atoms with Crippen molar-refractivity contribution in [3.63, 3.8) is 0 Å². The second-order valence-electron chi connectivity index (χ2n) is 4.95. The van der Waals surface area contributed by atoms with Gasteiger partial charge in [0, 0.05) is 42.5 Å². The van der Waals surface area contributed by atoms with Gasteiger partial charge < -0.3 is 9.80 Å². The second-order valence-corrected chi connectivity index (χ2v) is 5.86. The van der Waals surface area contributed by atoms with Crippen molar-refractivity contribution in [1.29, 1.82) is 5.26 Å². The van der Waals surface area contributed by atoms with Gasteiger partial charge in [0.1, 0.15) is 11.9 Å². The van der Waals surface area contributed by atoms with Crippen molar-refractivity contribution < 1.29 is 0 Å². The minimum Gasteiger partial charge on any atom is -0.368 e.